The molecule has 0 spiro atoms. The number of allylic oxidation sites excluding steroid dienone is 1. The highest BCUT2D eigenvalue weighted by atomic mass is 19.4. The molecule has 0 saturated heterocycles. The van der Waals surface area contributed by atoms with E-state index in [-0.39, 0.29) is 5.56 Å². The number of halogens is 3. The van der Waals surface area contributed by atoms with E-state index in [0.29, 0.717) is 24.2 Å². The van der Waals surface area contributed by atoms with Crippen molar-refractivity contribution in [2.24, 2.45) is 0 Å². The van der Waals surface area contributed by atoms with Crippen LogP contribution in [0.5, 0.6) is 0 Å². The van der Waals surface area contributed by atoms with E-state index in [1.165, 1.54) is 18.2 Å². The van der Waals surface area contributed by atoms with Gasteiger partial charge in [0.25, 0.3) is 0 Å². The Kier molecular flexibility index (Phi) is 7.44. The zero-order valence-corrected chi connectivity index (χ0v) is 20.0. The molecule has 0 aliphatic rings. The van der Waals surface area contributed by atoms with Crippen molar-refractivity contribution in [1.29, 1.82) is 0 Å². The van der Waals surface area contributed by atoms with Crippen LogP contribution in [-0.4, -0.2) is 17.6 Å². The topological polar surface area (TPSA) is 42.1 Å². The second-order valence-corrected chi connectivity index (χ2v) is 8.23. The Morgan fingerprint density at radius 3 is 2.31 bits per heavy atom. The minimum atomic E-state index is -4.48. The van der Waals surface area contributed by atoms with E-state index >= 15 is 0 Å². The Balaban J connectivity index is 1.90. The van der Waals surface area contributed by atoms with Crippen molar-refractivity contribution in [2.45, 2.75) is 26.4 Å². The van der Waals surface area contributed by atoms with Gasteiger partial charge in [-0.15, -0.1) is 0 Å². The number of H-pyrrole nitrogens is 1. The maximum atomic E-state index is 14.0. The number of benzene rings is 3. The van der Waals surface area contributed by atoms with Gasteiger partial charge >= 0.3 is 12.1 Å². The summed E-state index contributed by atoms with van der Waals surface area (Å²) >= 11 is 0. The van der Waals surface area contributed by atoms with Gasteiger partial charge in [0.05, 0.1) is 12.2 Å². The van der Waals surface area contributed by atoms with Crippen LogP contribution in [-0.2, 0) is 15.7 Å². The van der Waals surface area contributed by atoms with Crippen molar-refractivity contribution in [3.8, 4) is 0 Å². The van der Waals surface area contributed by atoms with Gasteiger partial charge in [0.1, 0.15) is 0 Å². The smallest absolute Gasteiger partial charge is 0.416 e. The highest BCUT2D eigenvalue weighted by Crippen LogP contribution is 2.41. The first-order chi connectivity index (χ1) is 17.3. The minimum absolute atomic E-state index is 0.160. The summed E-state index contributed by atoms with van der Waals surface area (Å²) in [5.74, 6) is -0.433. The van der Waals surface area contributed by atoms with Gasteiger partial charge in [-0.3, -0.25) is 0 Å². The number of esters is 1. The minimum Gasteiger partial charge on any atom is -0.463 e. The standard InChI is InChI=1S/C30H26F3NO2/c1-3-23(24-10-6-7-11-25(24)30(31,32)33)29(27-19-22-9-5-8-12-26(22)34-27)21-16-13-20(14-17-21)15-18-28(35)36-4-2/h5-19,34H,3-4H2,1-2H3/b18-15+,29-23+. The van der Waals surface area contributed by atoms with E-state index in [0.717, 1.165) is 33.8 Å². The number of para-hydroxylation sites is 1. The van der Waals surface area contributed by atoms with E-state index in [4.69, 9.17) is 4.74 Å². The SMILES string of the molecule is CCOC(=O)/C=C/c1ccc(/C(=C(/CC)c2ccccc2C(F)(F)F)c2cc3ccccc3[nH]2)cc1. The van der Waals surface area contributed by atoms with Crippen molar-refractivity contribution < 1.29 is 22.7 Å². The van der Waals surface area contributed by atoms with E-state index in [2.05, 4.69) is 4.98 Å². The normalized spacial score (nSPS) is 12.7. The van der Waals surface area contributed by atoms with Gasteiger partial charge in [0, 0.05) is 28.2 Å². The number of alkyl halides is 3. The van der Waals surface area contributed by atoms with Crippen LogP contribution in [0.25, 0.3) is 28.1 Å². The fourth-order valence-electron chi connectivity index (χ4n) is 4.31. The Hall–Kier alpha value is -4.06. The van der Waals surface area contributed by atoms with Crippen LogP contribution in [0.4, 0.5) is 13.2 Å². The number of aromatic amines is 1. The molecule has 3 nitrogen and oxygen atoms in total. The van der Waals surface area contributed by atoms with Crippen molar-refractivity contribution in [2.75, 3.05) is 6.61 Å². The van der Waals surface area contributed by atoms with Gasteiger partial charge in [-0.2, -0.15) is 13.2 Å². The zero-order valence-electron chi connectivity index (χ0n) is 20.0. The Morgan fingerprint density at radius 1 is 0.944 bits per heavy atom. The Labute approximate surface area is 207 Å². The second-order valence-electron chi connectivity index (χ2n) is 8.23. The number of nitrogens with one attached hydrogen (secondary N) is 1. The van der Waals surface area contributed by atoms with Crippen LogP contribution < -0.4 is 0 Å². The molecule has 0 bridgehead atoms. The molecule has 0 aliphatic carbocycles. The number of carbonyl (C=O) groups excluding carboxylic acids is 1. The Bertz CT molecular complexity index is 1390. The van der Waals surface area contributed by atoms with Crippen LogP contribution in [0.1, 0.15) is 48.2 Å². The molecule has 0 radical (unpaired) electrons. The monoisotopic (exact) mass is 489 g/mol. The summed E-state index contributed by atoms with van der Waals surface area (Å²) in [6.07, 6.45) is -1.09. The highest BCUT2D eigenvalue weighted by Gasteiger charge is 2.34. The second kappa shape index (κ2) is 10.7. The Morgan fingerprint density at radius 2 is 1.64 bits per heavy atom. The molecule has 0 unspecified atom stereocenters. The van der Waals surface area contributed by atoms with Crippen molar-refractivity contribution in [3.63, 3.8) is 0 Å². The molecule has 0 aliphatic heterocycles. The van der Waals surface area contributed by atoms with Crippen LogP contribution in [0.3, 0.4) is 0 Å². The first-order valence-electron chi connectivity index (χ1n) is 11.7. The number of hydrogen-bond acceptors (Lipinski definition) is 2. The summed E-state index contributed by atoms with van der Waals surface area (Å²) in [5, 5.41) is 0.971. The average molecular weight is 490 g/mol. The molecule has 6 heteroatoms. The molecular weight excluding hydrogens is 463 g/mol. The molecule has 3 aromatic carbocycles. The maximum absolute atomic E-state index is 14.0. The molecule has 1 aromatic heterocycles. The first kappa shape index (κ1) is 25.0. The molecule has 4 rings (SSSR count). The summed E-state index contributed by atoms with van der Waals surface area (Å²) in [5.41, 5.74) is 3.96. The number of fused-ring (bicyclic) bond motifs is 1. The molecule has 0 amide bonds. The van der Waals surface area contributed by atoms with Gasteiger partial charge in [0.2, 0.25) is 0 Å². The highest BCUT2D eigenvalue weighted by molar-refractivity contribution is 6.01. The van der Waals surface area contributed by atoms with Gasteiger partial charge in [0.15, 0.2) is 0 Å². The van der Waals surface area contributed by atoms with Crippen LogP contribution in [0.15, 0.2) is 84.9 Å². The quantitative estimate of drug-likeness (QED) is 0.162. The van der Waals surface area contributed by atoms with E-state index in [9.17, 15) is 18.0 Å². The third kappa shape index (κ3) is 5.43. The summed E-state index contributed by atoms with van der Waals surface area (Å²) in [4.78, 5) is 15.0. The van der Waals surface area contributed by atoms with E-state index in [1.807, 2.05) is 61.5 Å². The van der Waals surface area contributed by atoms with Crippen LogP contribution >= 0.6 is 0 Å². The van der Waals surface area contributed by atoms with Crippen LogP contribution in [0, 0.1) is 0 Å². The lowest BCUT2D eigenvalue weighted by Crippen LogP contribution is -2.09. The average Bonchev–Trinajstić information content (AvgIpc) is 3.30. The predicted molar refractivity (Wildman–Crippen MR) is 138 cm³/mol. The number of carbonyl (C=O) groups is 1. The molecule has 1 heterocycles. The van der Waals surface area contributed by atoms with E-state index < -0.39 is 17.7 Å². The van der Waals surface area contributed by atoms with Gasteiger partial charge in [-0.1, -0.05) is 67.6 Å². The largest absolute Gasteiger partial charge is 0.463 e. The molecular formula is C30H26F3NO2. The van der Waals surface area contributed by atoms with Crippen molar-refractivity contribution in [3.05, 3.63) is 113 Å². The molecule has 4 aromatic rings. The molecule has 184 valence electrons. The van der Waals surface area contributed by atoms with Crippen molar-refractivity contribution >= 4 is 34.1 Å². The molecule has 1 N–H and O–H groups in total. The predicted octanol–water partition coefficient (Wildman–Crippen LogP) is 8.13. The summed E-state index contributed by atoms with van der Waals surface area (Å²) in [6.45, 7) is 3.89. The summed E-state index contributed by atoms with van der Waals surface area (Å²) < 4.78 is 46.8. The number of aromatic nitrogens is 1. The molecule has 0 atom stereocenters. The molecule has 36 heavy (non-hydrogen) atoms. The third-order valence-electron chi connectivity index (χ3n) is 5.91. The summed E-state index contributed by atoms with van der Waals surface area (Å²) in [6, 6.07) is 22.8. The van der Waals surface area contributed by atoms with Crippen molar-refractivity contribution in [1.82, 2.24) is 4.98 Å². The van der Waals surface area contributed by atoms with E-state index in [1.54, 1.807) is 19.1 Å². The van der Waals surface area contributed by atoms with Gasteiger partial charge in [-0.25, -0.2) is 4.79 Å². The fourth-order valence-corrected chi connectivity index (χ4v) is 4.31. The fraction of sp³-hybridized carbons (Fsp3) is 0.167. The van der Waals surface area contributed by atoms with Gasteiger partial charge in [-0.05, 0) is 59.9 Å². The lowest BCUT2D eigenvalue weighted by atomic mass is 9.88. The lowest BCUT2D eigenvalue weighted by Gasteiger charge is -2.19. The van der Waals surface area contributed by atoms with Gasteiger partial charge < -0.3 is 9.72 Å². The lowest BCUT2D eigenvalue weighted by molar-refractivity contribution is -0.138. The number of ether oxygens (including phenoxy) is 1. The maximum Gasteiger partial charge on any atom is 0.416 e. The summed E-state index contributed by atoms with van der Waals surface area (Å²) in [7, 11) is 0. The molecule has 0 fully saturated rings. The first-order valence-corrected chi connectivity index (χ1v) is 11.7. The number of rotatable bonds is 7. The zero-order chi connectivity index (χ0) is 25.7. The van der Waals surface area contributed by atoms with Crippen LogP contribution in [0.2, 0.25) is 0 Å². The third-order valence-corrected chi connectivity index (χ3v) is 5.91. The number of hydrogen-bond donors (Lipinski definition) is 1. The molecule has 0 saturated carbocycles.